The van der Waals surface area contributed by atoms with Crippen LogP contribution in [-0.4, -0.2) is 16.1 Å². The van der Waals surface area contributed by atoms with Crippen molar-refractivity contribution in [3.8, 4) is 11.5 Å². The summed E-state index contributed by atoms with van der Waals surface area (Å²) in [6.07, 6.45) is 7.22. The summed E-state index contributed by atoms with van der Waals surface area (Å²) in [6.45, 7) is 2.18. The van der Waals surface area contributed by atoms with Gasteiger partial charge >= 0.3 is 0 Å². The molecule has 3 N–H and O–H groups in total. The van der Waals surface area contributed by atoms with Crippen LogP contribution in [0.25, 0.3) is 0 Å². The molecule has 106 valence electrons. The van der Waals surface area contributed by atoms with Crippen LogP contribution in [0.3, 0.4) is 0 Å². The van der Waals surface area contributed by atoms with E-state index >= 15 is 0 Å². The molecule has 0 aliphatic heterocycles. The lowest BCUT2D eigenvalue weighted by molar-refractivity contribution is -0.116. The summed E-state index contributed by atoms with van der Waals surface area (Å²) in [5, 5.41) is 21.5. The summed E-state index contributed by atoms with van der Waals surface area (Å²) in [5.74, 6) is -0.632. The number of hydrogen-bond donors (Lipinski definition) is 3. The van der Waals surface area contributed by atoms with Gasteiger partial charge in [-0.05, 0) is 18.6 Å². The van der Waals surface area contributed by atoms with Crippen LogP contribution in [0, 0.1) is 0 Å². The lowest BCUT2D eigenvalue weighted by Crippen LogP contribution is -2.11. The predicted molar refractivity (Wildman–Crippen MR) is 76.4 cm³/mol. The number of para-hydroxylation sites is 1. The van der Waals surface area contributed by atoms with Gasteiger partial charge in [0.15, 0.2) is 11.5 Å². The van der Waals surface area contributed by atoms with E-state index in [-0.39, 0.29) is 23.1 Å². The van der Waals surface area contributed by atoms with Crippen molar-refractivity contribution in [3.63, 3.8) is 0 Å². The molecule has 0 aliphatic carbocycles. The first kappa shape index (κ1) is 15.3. The Morgan fingerprint density at radius 3 is 2.53 bits per heavy atom. The van der Waals surface area contributed by atoms with Gasteiger partial charge in [-0.15, -0.1) is 0 Å². The Balaban J connectivity index is 2.26. The molecule has 1 aromatic carbocycles. The highest BCUT2D eigenvalue weighted by atomic mass is 16.3. The van der Waals surface area contributed by atoms with Crippen molar-refractivity contribution in [2.75, 3.05) is 5.32 Å². The lowest BCUT2D eigenvalue weighted by Gasteiger charge is -2.08. The molecular weight excluding hydrogens is 242 g/mol. The molecule has 0 radical (unpaired) electrons. The molecule has 1 aromatic rings. The normalized spacial score (nSPS) is 10.4. The number of carbonyl (C=O) groups excluding carboxylic acids is 1. The highest BCUT2D eigenvalue weighted by molar-refractivity contribution is 5.92. The Kier molecular flexibility index (Phi) is 6.79. The first-order valence-corrected chi connectivity index (χ1v) is 6.96. The van der Waals surface area contributed by atoms with Gasteiger partial charge in [-0.25, -0.2) is 0 Å². The molecule has 0 saturated carbocycles. The zero-order chi connectivity index (χ0) is 14.1. The molecule has 19 heavy (non-hydrogen) atoms. The Morgan fingerprint density at radius 2 is 1.79 bits per heavy atom. The van der Waals surface area contributed by atoms with Gasteiger partial charge < -0.3 is 15.5 Å². The molecular formula is C15H23NO3. The topological polar surface area (TPSA) is 69.6 Å². The maximum absolute atomic E-state index is 11.7. The number of hydrogen-bond acceptors (Lipinski definition) is 3. The molecule has 0 bridgehead atoms. The van der Waals surface area contributed by atoms with Gasteiger partial charge in [0.1, 0.15) is 0 Å². The van der Waals surface area contributed by atoms with Crippen LogP contribution < -0.4 is 5.32 Å². The number of rotatable bonds is 8. The summed E-state index contributed by atoms with van der Waals surface area (Å²) in [4.78, 5) is 11.7. The second-order valence-corrected chi connectivity index (χ2v) is 4.74. The van der Waals surface area contributed by atoms with Crippen LogP contribution in [-0.2, 0) is 4.79 Å². The second-order valence-electron chi connectivity index (χ2n) is 4.74. The van der Waals surface area contributed by atoms with Crippen LogP contribution in [0.15, 0.2) is 18.2 Å². The number of phenolic OH excluding ortho intramolecular Hbond substituents is 2. The zero-order valence-electron chi connectivity index (χ0n) is 11.5. The molecule has 1 amide bonds. The van der Waals surface area contributed by atoms with Gasteiger partial charge in [0.2, 0.25) is 5.91 Å². The Hall–Kier alpha value is -1.71. The fourth-order valence-corrected chi connectivity index (χ4v) is 1.91. The third-order valence-electron chi connectivity index (χ3n) is 3.05. The third-order valence-corrected chi connectivity index (χ3v) is 3.05. The standard InChI is InChI=1S/C15H23NO3/c1-2-3-4-5-6-7-11-14(18)16-12-9-8-10-13(17)15(12)19/h8-10,17,19H,2-7,11H2,1H3,(H,16,18). The van der Waals surface area contributed by atoms with Crippen molar-refractivity contribution in [1.29, 1.82) is 0 Å². The first-order valence-electron chi connectivity index (χ1n) is 6.96. The third kappa shape index (κ3) is 5.64. The van der Waals surface area contributed by atoms with E-state index in [0.29, 0.717) is 6.42 Å². The van der Waals surface area contributed by atoms with Crippen LogP contribution >= 0.6 is 0 Å². The largest absolute Gasteiger partial charge is 0.504 e. The van der Waals surface area contributed by atoms with E-state index in [9.17, 15) is 15.0 Å². The first-order chi connectivity index (χ1) is 9.15. The van der Waals surface area contributed by atoms with Gasteiger partial charge in [0.05, 0.1) is 5.69 Å². The quantitative estimate of drug-likeness (QED) is 0.495. The number of amides is 1. The van der Waals surface area contributed by atoms with E-state index in [4.69, 9.17) is 0 Å². The molecule has 0 saturated heterocycles. The van der Waals surface area contributed by atoms with E-state index in [2.05, 4.69) is 12.2 Å². The Bertz CT molecular complexity index is 404. The lowest BCUT2D eigenvalue weighted by atomic mass is 10.1. The van der Waals surface area contributed by atoms with Crippen molar-refractivity contribution in [2.45, 2.75) is 51.9 Å². The number of phenols is 2. The van der Waals surface area contributed by atoms with Crippen molar-refractivity contribution in [2.24, 2.45) is 0 Å². The fraction of sp³-hybridized carbons (Fsp3) is 0.533. The van der Waals surface area contributed by atoms with Crippen LogP contribution in [0.2, 0.25) is 0 Å². The summed E-state index contributed by atoms with van der Waals surface area (Å²) >= 11 is 0. The second kappa shape index (κ2) is 8.40. The van der Waals surface area contributed by atoms with Gasteiger partial charge in [0, 0.05) is 6.42 Å². The van der Waals surface area contributed by atoms with Crippen LogP contribution in [0.5, 0.6) is 11.5 Å². The van der Waals surface area contributed by atoms with Gasteiger partial charge in [-0.1, -0.05) is 45.1 Å². The molecule has 1 rings (SSSR count). The smallest absolute Gasteiger partial charge is 0.224 e. The van der Waals surface area contributed by atoms with Crippen molar-refractivity contribution >= 4 is 11.6 Å². The molecule has 0 aliphatic rings. The SMILES string of the molecule is CCCCCCCCC(=O)Nc1cccc(O)c1O. The highest BCUT2D eigenvalue weighted by Gasteiger charge is 2.08. The summed E-state index contributed by atoms with van der Waals surface area (Å²) in [7, 11) is 0. The molecule has 0 fully saturated rings. The summed E-state index contributed by atoms with van der Waals surface area (Å²) < 4.78 is 0. The number of carbonyl (C=O) groups is 1. The monoisotopic (exact) mass is 265 g/mol. The molecule has 0 unspecified atom stereocenters. The van der Waals surface area contributed by atoms with Crippen molar-refractivity contribution in [3.05, 3.63) is 18.2 Å². The number of unbranched alkanes of at least 4 members (excludes halogenated alkanes) is 5. The van der Waals surface area contributed by atoms with Gasteiger partial charge in [-0.3, -0.25) is 4.79 Å². The van der Waals surface area contributed by atoms with Crippen molar-refractivity contribution < 1.29 is 15.0 Å². The zero-order valence-corrected chi connectivity index (χ0v) is 11.5. The Morgan fingerprint density at radius 1 is 1.11 bits per heavy atom. The minimum absolute atomic E-state index is 0.128. The number of nitrogens with one attached hydrogen (secondary N) is 1. The molecule has 4 heteroatoms. The van der Waals surface area contributed by atoms with Crippen LogP contribution in [0.4, 0.5) is 5.69 Å². The van der Waals surface area contributed by atoms with Crippen LogP contribution in [0.1, 0.15) is 51.9 Å². The molecule has 0 spiro atoms. The number of aromatic hydroxyl groups is 2. The van der Waals surface area contributed by atoms with E-state index in [1.165, 1.54) is 31.7 Å². The molecule has 0 atom stereocenters. The Labute approximate surface area is 114 Å². The predicted octanol–water partition coefficient (Wildman–Crippen LogP) is 3.79. The maximum atomic E-state index is 11.7. The minimum Gasteiger partial charge on any atom is -0.504 e. The molecule has 0 aromatic heterocycles. The highest BCUT2D eigenvalue weighted by Crippen LogP contribution is 2.32. The molecule has 0 heterocycles. The average molecular weight is 265 g/mol. The van der Waals surface area contributed by atoms with Gasteiger partial charge in [-0.2, -0.15) is 0 Å². The minimum atomic E-state index is -0.279. The van der Waals surface area contributed by atoms with E-state index in [1.54, 1.807) is 12.1 Å². The summed E-state index contributed by atoms with van der Waals surface area (Å²) in [5.41, 5.74) is 0.260. The van der Waals surface area contributed by atoms with E-state index in [1.807, 2.05) is 0 Å². The number of anilines is 1. The van der Waals surface area contributed by atoms with Crippen molar-refractivity contribution in [1.82, 2.24) is 0 Å². The van der Waals surface area contributed by atoms with Gasteiger partial charge in [0.25, 0.3) is 0 Å². The average Bonchev–Trinajstić information content (AvgIpc) is 2.39. The summed E-state index contributed by atoms with van der Waals surface area (Å²) in [6, 6.07) is 4.52. The number of benzene rings is 1. The maximum Gasteiger partial charge on any atom is 0.224 e. The fourth-order valence-electron chi connectivity index (χ4n) is 1.91. The van der Waals surface area contributed by atoms with E-state index < -0.39 is 0 Å². The van der Waals surface area contributed by atoms with E-state index in [0.717, 1.165) is 12.8 Å². The molecule has 4 nitrogen and oxygen atoms in total.